The van der Waals surface area contributed by atoms with E-state index in [9.17, 15) is 0 Å². The highest BCUT2D eigenvalue weighted by atomic mass is 32.2. The van der Waals surface area contributed by atoms with Gasteiger partial charge < -0.3 is 11.1 Å². The van der Waals surface area contributed by atoms with E-state index in [0.29, 0.717) is 4.75 Å². The molecule has 0 amide bonds. The van der Waals surface area contributed by atoms with Gasteiger partial charge in [-0.25, -0.2) is 9.97 Å². The summed E-state index contributed by atoms with van der Waals surface area (Å²) in [5.74, 6) is 0.908. The van der Waals surface area contributed by atoms with Gasteiger partial charge in [0, 0.05) is 22.4 Å². The molecular weight excluding hydrogens is 256 g/mol. The molecule has 1 saturated carbocycles. The van der Waals surface area contributed by atoms with Gasteiger partial charge in [0.25, 0.3) is 0 Å². The number of thioether (sulfide) groups is 1. The molecular formula is C14H18N4S. The lowest BCUT2D eigenvalue weighted by Gasteiger charge is -2.40. The normalized spacial score (nSPS) is 17.1. The van der Waals surface area contributed by atoms with Gasteiger partial charge in [-0.1, -0.05) is 6.42 Å². The molecule has 0 unspecified atom stereocenters. The van der Waals surface area contributed by atoms with Crippen LogP contribution in [0.3, 0.4) is 0 Å². The van der Waals surface area contributed by atoms with Crippen molar-refractivity contribution in [2.45, 2.75) is 24.0 Å². The van der Waals surface area contributed by atoms with Crippen LogP contribution in [0.2, 0.25) is 0 Å². The van der Waals surface area contributed by atoms with Crippen LogP contribution in [0, 0.1) is 0 Å². The predicted molar refractivity (Wildman–Crippen MR) is 82.5 cm³/mol. The van der Waals surface area contributed by atoms with E-state index in [1.54, 1.807) is 6.33 Å². The molecule has 1 aromatic heterocycles. The van der Waals surface area contributed by atoms with Gasteiger partial charge in [-0.15, -0.1) is 0 Å². The van der Waals surface area contributed by atoms with Crippen molar-refractivity contribution in [3.8, 4) is 0 Å². The zero-order valence-electron chi connectivity index (χ0n) is 11.0. The second-order valence-corrected chi connectivity index (χ2v) is 6.37. The summed E-state index contributed by atoms with van der Waals surface area (Å²) in [7, 11) is 0. The Morgan fingerprint density at radius 3 is 2.89 bits per heavy atom. The number of nitrogens with one attached hydrogen (secondary N) is 1. The molecule has 2 aromatic rings. The van der Waals surface area contributed by atoms with Gasteiger partial charge in [-0.3, -0.25) is 0 Å². The van der Waals surface area contributed by atoms with Gasteiger partial charge in [-0.05, 0) is 37.3 Å². The molecule has 0 atom stereocenters. The van der Waals surface area contributed by atoms with E-state index in [1.165, 1.54) is 19.3 Å². The standard InChI is InChI=1S/C14H18N4S/c1-19-14(5-2-6-14)8-16-13-11-4-3-10(15)7-12(11)17-9-18-13/h3-4,7,9H,2,5-6,8,15H2,1H3,(H,16,17,18). The van der Waals surface area contributed by atoms with Crippen molar-refractivity contribution in [1.29, 1.82) is 0 Å². The lowest BCUT2D eigenvalue weighted by atomic mass is 9.84. The van der Waals surface area contributed by atoms with Gasteiger partial charge in [-0.2, -0.15) is 11.8 Å². The average molecular weight is 274 g/mol. The Morgan fingerprint density at radius 2 is 2.21 bits per heavy atom. The Balaban J connectivity index is 1.84. The maximum absolute atomic E-state index is 5.79. The van der Waals surface area contributed by atoms with Crippen molar-refractivity contribution in [1.82, 2.24) is 9.97 Å². The number of aromatic nitrogens is 2. The minimum absolute atomic E-state index is 0.394. The first-order valence-electron chi connectivity index (χ1n) is 6.52. The molecule has 0 aliphatic heterocycles. The summed E-state index contributed by atoms with van der Waals surface area (Å²) in [6, 6.07) is 5.76. The SMILES string of the molecule is CSC1(CNc2ncnc3cc(N)ccc23)CCC1. The number of hydrogen-bond donors (Lipinski definition) is 2. The summed E-state index contributed by atoms with van der Waals surface area (Å²) in [5.41, 5.74) is 7.41. The minimum atomic E-state index is 0.394. The first kappa shape index (κ1) is 12.5. The van der Waals surface area contributed by atoms with Crippen LogP contribution in [0.1, 0.15) is 19.3 Å². The third-order valence-corrected chi connectivity index (χ3v) is 5.35. The zero-order valence-corrected chi connectivity index (χ0v) is 11.8. The molecule has 0 radical (unpaired) electrons. The first-order valence-corrected chi connectivity index (χ1v) is 7.74. The number of rotatable bonds is 4. The number of nitrogen functional groups attached to an aromatic ring is 1. The van der Waals surface area contributed by atoms with Gasteiger partial charge in [0.05, 0.1) is 5.52 Å². The zero-order chi connectivity index (χ0) is 13.3. The van der Waals surface area contributed by atoms with Crippen LogP contribution in [0.5, 0.6) is 0 Å². The fourth-order valence-corrected chi connectivity index (χ4v) is 3.40. The van der Waals surface area contributed by atoms with Gasteiger partial charge >= 0.3 is 0 Å². The first-order chi connectivity index (χ1) is 9.22. The van der Waals surface area contributed by atoms with Crippen LogP contribution in [-0.4, -0.2) is 27.5 Å². The largest absolute Gasteiger partial charge is 0.399 e. The van der Waals surface area contributed by atoms with E-state index in [-0.39, 0.29) is 0 Å². The molecule has 0 bridgehead atoms. The number of anilines is 2. The fraction of sp³-hybridized carbons (Fsp3) is 0.429. The van der Waals surface area contributed by atoms with Gasteiger partial charge in [0.2, 0.25) is 0 Å². The van der Waals surface area contributed by atoms with Crippen LogP contribution in [0.4, 0.5) is 11.5 Å². The number of fused-ring (bicyclic) bond motifs is 1. The maximum atomic E-state index is 5.79. The molecule has 0 saturated heterocycles. The molecule has 3 N–H and O–H groups in total. The van der Waals surface area contributed by atoms with E-state index in [0.717, 1.165) is 29.0 Å². The summed E-state index contributed by atoms with van der Waals surface area (Å²) >= 11 is 1.96. The highest BCUT2D eigenvalue weighted by Crippen LogP contribution is 2.42. The van der Waals surface area contributed by atoms with Crippen LogP contribution in [-0.2, 0) is 0 Å². The van der Waals surface area contributed by atoms with Crippen LogP contribution in [0.25, 0.3) is 10.9 Å². The minimum Gasteiger partial charge on any atom is -0.399 e. The summed E-state index contributed by atoms with van der Waals surface area (Å²) < 4.78 is 0.394. The fourth-order valence-electron chi connectivity index (χ4n) is 2.48. The number of nitrogens with zero attached hydrogens (tertiary/aromatic N) is 2. The lowest BCUT2D eigenvalue weighted by molar-refractivity contribution is 0.379. The van der Waals surface area contributed by atoms with E-state index in [4.69, 9.17) is 5.73 Å². The van der Waals surface area contributed by atoms with Crippen molar-refractivity contribution in [3.05, 3.63) is 24.5 Å². The lowest BCUT2D eigenvalue weighted by Crippen LogP contribution is -2.40. The van der Waals surface area contributed by atoms with Crippen molar-refractivity contribution in [2.24, 2.45) is 0 Å². The molecule has 1 aliphatic carbocycles. The molecule has 4 nitrogen and oxygen atoms in total. The molecule has 1 heterocycles. The summed E-state index contributed by atoms with van der Waals surface area (Å²) in [5, 5.41) is 4.52. The molecule has 1 aromatic carbocycles. The highest BCUT2D eigenvalue weighted by molar-refractivity contribution is 8.00. The van der Waals surface area contributed by atoms with Gasteiger partial charge in [0.15, 0.2) is 0 Å². The van der Waals surface area contributed by atoms with E-state index < -0.39 is 0 Å². The average Bonchev–Trinajstić information content (AvgIpc) is 2.37. The number of hydrogen-bond acceptors (Lipinski definition) is 5. The monoisotopic (exact) mass is 274 g/mol. The Hall–Kier alpha value is -1.49. The maximum Gasteiger partial charge on any atom is 0.137 e. The Labute approximate surface area is 117 Å². The Bertz CT molecular complexity index is 590. The number of nitrogens with two attached hydrogens (primary N) is 1. The summed E-state index contributed by atoms with van der Waals surface area (Å²) in [4.78, 5) is 8.63. The van der Waals surface area contributed by atoms with Crippen LogP contribution >= 0.6 is 11.8 Å². The number of benzene rings is 1. The second-order valence-electron chi connectivity index (χ2n) is 5.09. The van der Waals surface area contributed by atoms with E-state index in [1.807, 2.05) is 30.0 Å². The third kappa shape index (κ3) is 2.34. The Morgan fingerprint density at radius 1 is 1.37 bits per heavy atom. The van der Waals surface area contributed by atoms with Crippen LogP contribution < -0.4 is 11.1 Å². The Kier molecular flexibility index (Phi) is 3.22. The smallest absolute Gasteiger partial charge is 0.137 e. The molecule has 1 aliphatic rings. The van der Waals surface area contributed by atoms with Crippen LogP contribution in [0.15, 0.2) is 24.5 Å². The molecule has 1 fully saturated rings. The summed E-state index contributed by atoms with van der Waals surface area (Å²) in [6.45, 7) is 0.963. The van der Waals surface area contributed by atoms with Crippen molar-refractivity contribution in [3.63, 3.8) is 0 Å². The summed E-state index contributed by atoms with van der Waals surface area (Å²) in [6.07, 6.45) is 7.70. The third-order valence-electron chi connectivity index (χ3n) is 3.94. The van der Waals surface area contributed by atoms with E-state index in [2.05, 4.69) is 21.5 Å². The molecule has 0 spiro atoms. The molecule has 100 valence electrons. The highest BCUT2D eigenvalue weighted by Gasteiger charge is 2.35. The predicted octanol–water partition coefficient (Wildman–Crippen LogP) is 2.91. The van der Waals surface area contributed by atoms with E-state index >= 15 is 0 Å². The van der Waals surface area contributed by atoms with Crippen molar-refractivity contribution in [2.75, 3.05) is 23.9 Å². The topological polar surface area (TPSA) is 63.8 Å². The molecule has 5 heteroatoms. The van der Waals surface area contributed by atoms with Gasteiger partial charge in [0.1, 0.15) is 12.1 Å². The van der Waals surface area contributed by atoms with Crippen molar-refractivity contribution >= 4 is 34.2 Å². The van der Waals surface area contributed by atoms with Crippen molar-refractivity contribution < 1.29 is 0 Å². The second kappa shape index (κ2) is 4.89. The molecule has 19 heavy (non-hydrogen) atoms. The quantitative estimate of drug-likeness (QED) is 0.839. The molecule has 3 rings (SSSR count).